The molecule has 2 fully saturated rings. The molecule has 0 saturated carbocycles. The summed E-state index contributed by atoms with van der Waals surface area (Å²) in [6, 6.07) is 12.9. The lowest BCUT2D eigenvalue weighted by molar-refractivity contribution is 0.0907. The molecule has 1 aromatic carbocycles. The fourth-order valence-corrected chi connectivity index (χ4v) is 7.03. The molecule has 4 heterocycles. The minimum Gasteiger partial charge on any atom is -0.474 e. The van der Waals surface area contributed by atoms with E-state index < -0.39 is 10.0 Å². The van der Waals surface area contributed by atoms with E-state index in [0.717, 1.165) is 24.1 Å². The minimum atomic E-state index is -3.40. The average molecular weight is 481 g/mol. The molecule has 0 spiro atoms. The molecule has 0 amide bonds. The molecule has 9 heteroatoms. The summed E-state index contributed by atoms with van der Waals surface area (Å²) < 4.78 is 40.4. The molecule has 2 aliphatic heterocycles. The van der Waals surface area contributed by atoms with Crippen molar-refractivity contribution in [3.63, 3.8) is 0 Å². The number of sulfonamides is 1. The van der Waals surface area contributed by atoms with Crippen molar-refractivity contribution >= 4 is 10.0 Å². The predicted molar refractivity (Wildman–Crippen MR) is 127 cm³/mol. The van der Waals surface area contributed by atoms with Gasteiger partial charge in [-0.05, 0) is 44.4 Å². The highest BCUT2D eigenvalue weighted by molar-refractivity contribution is 7.88. The standard InChI is InChI=1S/C25H28N4O4S/c1-17-24(27-16-28-25(17)33-23-9-6-12-26-18(23)2)32-22-13-20-10-11-21(14-22)29(20)34(30,31)15-19-7-4-3-5-8-19/h3-9,12,16,20-22H,10-11,13-15H2,1-2H3. The van der Waals surface area contributed by atoms with E-state index >= 15 is 0 Å². The topological polar surface area (TPSA) is 94.5 Å². The molecule has 0 N–H and O–H groups in total. The Balaban J connectivity index is 1.28. The van der Waals surface area contributed by atoms with Gasteiger partial charge in [0.1, 0.15) is 12.4 Å². The summed E-state index contributed by atoms with van der Waals surface area (Å²) in [7, 11) is -3.40. The summed E-state index contributed by atoms with van der Waals surface area (Å²) in [5.41, 5.74) is 2.29. The van der Waals surface area contributed by atoms with Crippen molar-refractivity contribution < 1.29 is 17.9 Å². The smallest absolute Gasteiger partial charge is 0.229 e. The van der Waals surface area contributed by atoms with Crippen molar-refractivity contribution in [2.45, 2.75) is 63.5 Å². The van der Waals surface area contributed by atoms with Gasteiger partial charge in [-0.15, -0.1) is 0 Å². The minimum absolute atomic E-state index is 0.0336. The normalized spacial score (nSPS) is 22.5. The first kappa shape index (κ1) is 22.7. The number of piperidine rings is 1. The maximum atomic E-state index is 13.2. The van der Waals surface area contributed by atoms with Gasteiger partial charge in [-0.3, -0.25) is 4.98 Å². The number of nitrogens with zero attached hydrogens (tertiary/aromatic N) is 4. The van der Waals surface area contributed by atoms with Gasteiger partial charge >= 0.3 is 0 Å². The first-order valence-electron chi connectivity index (χ1n) is 11.5. The van der Waals surface area contributed by atoms with Crippen molar-refractivity contribution in [3.05, 3.63) is 71.8 Å². The number of aromatic nitrogens is 3. The monoisotopic (exact) mass is 480 g/mol. The Labute approximate surface area is 200 Å². The highest BCUT2D eigenvalue weighted by Crippen LogP contribution is 2.40. The molecule has 2 unspecified atom stereocenters. The third-order valence-electron chi connectivity index (χ3n) is 6.57. The third-order valence-corrected chi connectivity index (χ3v) is 8.51. The molecule has 2 atom stereocenters. The summed E-state index contributed by atoms with van der Waals surface area (Å²) in [5, 5.41) is 0. The van der Waals surface area contributed by atoms with Crippen LogP contribution in [-0.2, 0) is 15.8 Å². The van der Waals surface area contributed by atoms with Gasteiger partial charge in [0.25, 0.3) is 0 Å². The predicted octanol–water partition coefficient (Wildman–Crippen LogP) is 4.18. The highest BCUT2D eigenvalue weighted by atomic mass is 32.2. The van der Waals surface area contributed by atoms with Crippen LogP contribution in [0.2, 0.25) is 0 Å². The molecule has 178 valence electrons. The number of pyridine rings is 1. The number of fused-ring (bicyclic) bond motifs is 2. The van der Waals surface area contributed by atoms with Crippen LogP contribution in [0.5, 0.6) is 17.5 Å². The lowest BCUT2D eigenvalue weighted by Crippen LogP contribution is -2.49. The fraction of sp³-hybridized carbons (Fsp3) is 0.400. The third kappa shape index (κ3) is 4.63. The average Bonchev–Trinajstić information content (AvgIpc) is 3.10. The molecule has 3 aromatic rings. The van der Waals surface area contributed by atoms with Crippen LogP contribution >= 0.6 is 0 Å². The van der Waals surface area contributed by atoms with E-state index in [-0.39, 0.29) is 23.9 Å². The number of ether oxygens (including phenoxy) is 2. The van der Waals surface area contributed by atoms with Crippen molar-refractivity contribution in [1.29, 1.82) is 0 Å². The Kier molecular flexibility index (Phi) is 6.22. The van der Waals surface area contributed by atoms with Gasteiger partial charge in [0.05, 0.1) is 17.0 Å². The van der Waals surface area contributed by atoms with Crippen LogP contribution in [0.3, 0.4) is 0 Å². The SMILES string of the molecule is Cc1ncccc1Oc1ncnc(OC2CC3CCC(C2)N3S(=O)(=O)Cc2ccccc2)c1C. The fourth-order valence-electron chi connectivity index (χ4n) is 4.97. The number of hydrogen-bond acceptors (Lipinski definition) is 7. The summed E-state index contributed by atoms with van der Waals surface area (Å²) in [6.45, 7) is 3.74. The molecular weight excluding hydrogens is 452 g/mol. The molecule has 8 nitrogen and oxygen atoms in total. The summed E-state index contributed by atoms with van der Waals surface area (Å²) in [6.07, 6.45) is 6.04. The van der Waals surface area contributed by atoms with Crippen molar-refractivity contribution in [3.8, 4) is 17.5 Å². The van der Waals surface area contributed by atoms with Gasteiger partial charge in [0.2, 0.25) is 21.8 Å². The molecule has 2 aliphatic rings. The Morgan fingerprint density at radius 2 is 1.65 bits per heavy atom. The summed E-state index contributed by atoms with van der Waals surface area (Å²) in [4.78, 5) is 12.8. The van der Waals surface area contributed by atoms with Gasteiger partial charge in [-0.25, -0.2) is 18.4 Å². The van der Waals surface area contributed by atoms with Crippen LogP contribution in [0.1, 0.15) is 42.5 Å². The molecular formula is C25H28N4O4S. The van der Waals surface area contributed by atoms with Gasteiger partial charge in [0.15, 0.2) is 5.75 Å². The van der Waals surface area contributed by atoms with Crippen LogP contribution in [0.25, 0.3) is 0 Å². The van der Waals surface area contributed by atoms with Crippen molar-refractivity contribution in [2.24, 2.45) is 0 Å². The maximum absolute atomic E-state index is 13.2. The van der Waals surface area contributed by atoms with E-state index in [4.69, 9.17) is 9.47 Å². The van der Waals surface area contributed by atoms with Crippen LogP contribution in [-0.4, -0.2) is 45.9 Å². The zero-order valence-electron chi connectivity index (χ0n) is 19.3. The summed E-state index contributed by atoms with van der Waals surface area (Å²) >= 11 is 0. The second-order valence-electron chi connectivity index (χ2n) is 8.97. The number of benzene rings is 1. The van der Waals surface area contributed by atoms with Crippen molar-refractivity contribution in [2.75, 3.05) is 0 Å². The first-order valence-corrected chi connectivity index (χ1v) is 13.1. The Morgan fingerprint density at radius 3 is 2.35 bits per heavy atom. The zero-order chi connectivity index (χ0) is 23.7. The van der Waals surface area contributed by atoms with Gasteiger partial charge in [0, 0.05) is 31.1 Å². The summed E-state index contributed by atoms with van der Waals surface area (Å²) in [5.74, 6) is 1.56. The van der Waals surface area contributed by atoms with Gasteiger partial charge in [-0.1, -0.05) is 30.3 Å². The van der Waals surface area contributed by atoms with E-state index in [1.807, 2.05) is 56.3 Å². The first-order chi connectivity index (χ1) is 16.4. The molecule has 34 heavy (non-hydrogen) atoms. The zero-order valence-corrected chi connectivity index (χ0v) is 20.1. The molecule has 2 bridgehead atoms. The molecule has 0 radical (unpaired) electrons. The van der Waals surface area contributed by atoms with E-state index in [1.54, 1.807) is 10.5 Å². The van der Waals surface area contributed by atoms with E-state index in [9.17, 15) is 8.42 Å². The Bertz CT molecular complexity index is 1250. The lowest BCUT2D eigenvalue weighted by atomic mass is 10.0. The Hall–Kier alpha value is -3.04. The van der Waals surface area contributed by atoms with Crippen LogP contribution in [0.15, 0.2) is 55.0 Å². The second-order valence-corrected chi connectivity index (χ2v) is 10.8. The maximum Gasteiger partial charge on any atom is 0.229 e. The quantitative estimate of drug-likeness (QED) is 0.500. The molecule has 5 rings (SSSR count). The van der Waals surface area contributed by atoms with Crippen molar-refractivity contribution in [1.82, 2.24) is 19.3 Å². The molecule has 2 aromatic heterocycles. The van der Waals surface area contributed by atoms with Crippen LogP contribution in [0.4, 0.5) is 0 Å². The second kappa shape index (κ2) is 9.31. The van der Waals surface area contributed by atoms with E-state index in [2.05, 4.69) is 15.0 Å². The lowest BCUT2D eigenvalue weighted by Gasteiger charge is -2.37. The number of hydrogen-bond donors (Lipinski definition) is 0. The van der Waals surface area contributed by atoms with Gasteiger partial charge < -0.3 is 9.47 Å². The molecule has 2 saturated heterocycles. The van der Waals surface area contributed by atoms with Gasteiger partial charge in [-0.2, -0.15) is 4.31 Å². The van der Waals surface area contributed by atoms with Crippen LogP contribution < -0.4 is 9.47 Å². The van der Waals surface area contributed by atoms with E-state index in [1.165, 1.54) is 6.33 Å². The van der Waals surface area contributed by atoms with E-state index in [0.29, 0.717) is 35.9 Å². The Morgan fingerprint density at radius 1 is 0.941 bits per heavy atom. The molecule has 0 aliphatic carbocycles. The highest BCUT2D eigenvalue weighted by Gasteiger charge is 2.47. The number of aryl methyl sites for hydroxylation is 1. The largest absolute Gasteiger partial charge is 0.474 e. The van der Waals surface area contributed by atoms with Crippen LogP contribution in [0, 0.1) is 13.8 Å². The number of rotatable bonds is 7.